The van der Waals surface area contributed by atoms with E-state index >= 15 is 0 Å². The monoisotopic (exact) mass is 298 g/mol. The van der Waals surface area contributed by atoms with Crippen molar-refractivity contribution in [2.75, 3.05) is 0 Å². The second-order valence-corrected chi connectivity index (χ2v) is 4.98. The Morgan fingerprint density at radius 2 is 1.50 bits per heavy atom. The van der Waals surface area contributed by atoms with Gasteiger partial charge in [-0.3, -0.25) is 0 Å². The van der Waals surface area contributed by atoms with Gasteiger partial charge in [-0.1, -0.05) is 12.1 Å². The predicted molar refractivity (Wildman–Crippen MR) is 77.7 cm³/mol. The molecular weight excluding hydrogens is 284 g/mol. The number of carboxylic acids is 2. The van der Waals surface area contributed by atoms with Crippen LogP contribution in [0.5, 0.6) is 0 Å². The zero-order chi connectivity index (χ0) is 16.4. The van der Waals surface area contributed by atoms with Crippen LogP contribution in [0.1, 0.15) is 30.9 Å². The lowest BCUT2D eigenvalue weighted by atomic mass is 9.80. The van der Waals surface area contributed by atoms with Crippen LogP contribution in [0.15, 0.2) is 46.8 Å². The van der Waals surface area contributed by atoms with Crippen LogP contribution in [0.4, 0.5) is 0 Å². The maximum absolute atomic E-state index is 11.6. The summed E-state index contributed by atoms with van der Waals surface area (Å²) in [6, 6.07) is 8.23. The number of carboxylic acid groups (broad SMARTS) is 2. The van der Waals surface area contributed by atoms with Crippen LogP contribution in [0.2, 0.25) is 0 Å². The normalized spacial score (nSPS) is 15.3. The van der Waals surface area contributed by atoms with Gasteiger partial charge in [0.25, 0.3) is 0 Å². The molecule has 0 atom stereocenters. The summed E-state index contributed by atoms with van der Waals surface area (Å²) in [5.41, 5.74) is 1.75. The highest BCUT2D eigenvalue weighted by Gasteiger charge is 2.36. The van der Waals surface area contributed by atoms with E-state index in [-0.39, 0.29) is 11.1 Å². The Hall–Kier alpha value is -3.07. The van der Waals surface area contributed by atoms with Crippen LogP contribution in [0, 0.1) is 11.3 Å². The fourth-order valence-corrected chi connectivity index (χ4v) is 2.64. The number of benzene rings is 1. The van der Waals surface area contributed by atoms with E-state index in [4.69, 9.17) is 5.26 Å². The fraction of sp³-hybridized carbons (Fsp3) is 0.188. The number of nitriles is 1. The molecule has 3 N–H and O–H groups in total. The van der Waals surface area contributed by atoms with Gasteiger partial charge in [0.2, 0.25) is 0 Å². The third-order valence-electron chi connectivity index (χ3n) is 3.59. The molecule has 0 aliphatic carbocycles. The van der Waals surface area contributed by atoms with E-state index < -0.39 is 17.9 Å². The Labute approximate surface area is 127 Å². The molecule has 0 fully saturated rings. The first-order chi connectivity index (χ1) is 10.4. The molecule has 1 aliphatic rings. The zero-order valence-electron chi connectivity index (χ0n) is 12.0. The minimum Gasteiger partial charge on any atom is -0.478 e. The topological polar surface area (TPSA) is 110 Å². The highest BCUT2D eigenvalue weighted by Crippen LogP contribution is 2.38. The van der Waals surface area contributed by atoms with Gasteiger partial charge >= 0.3 is 11.9 Å². The van der Waals surface area contributed by atoms with Crippen LogP contribution in [0.3, 0.4) is 0 Å². The van der Waals surface area contributed by atoms with Gasteiger partial charge in [-0.2, -0.15) is 5.26 Å². The first kappa shape index (κ1) is 15.3. The Balaban J connectivity index is 2.66. The summed E-state index contributed by atoms with van der Waals surface area (Å²) in [4.78, 5) is 23.2. The second-order valence-electron chi connectivity index (χ2n) is 4.98. The van der Waals surface area contributed by atoms with Crippen molar-refractivity contribution in [2.24, 2.45) is 0 Å². The van der Waals surface area contributed by atoms with Crippen LogP contribution in [0.25, 0.3) is 0 Å². The number of allylic oxidation sites excluding steroid dienone is 2. The number of dihydropyridines is 1. The molecule has 0 saturated carbocycles. The van der Waals surface area contributed by atoms with Crippen molar-refractivity contribution in [2.45, 2.75) is 19.8 Å². The first-order valence-corrected chi connectivity index (χ1v) is 6.52. The number of aliphatic carboxylic acids is 2. The quantitative estimate of drug-likeness (QED) is 0.786. The Bertz CT molecular complexity index is 715. The summed E-state index contributed by atoms with van der Waals surface area (Å²) >= 11 is 0. The van der Waals surface area contributed by atoms with Crippen molar-refractivity contribution < 1.29 is 19.8 Å². The largest absolute Gasteiger partial charge is 0.478 e. The molecule has 0 saturated heterocycles. The average Bonchev–Trinajstić information content (AvgIpc) is 2.45. The third-order valence-corrected chi connectivity index (χ3v) is 3.59. The Morgan fingerprint density at radius 3 is 1.86 bits per heavy atom. The van der Waals surface area contributed by atoms with Gasteiger partial charge in [0.1, 0.15) is 0 Å². The summed E-state index contributed by atoms with van der Waals surface area (Å²) in [5.74, 6) is -3.24. The fourth-order valence-electron chi connectivity index (χ4n) is 2.64. The van der Waals surface area contributed by atoms with Crippen molar-refractivity contribution in [3.05, 3.63) is 57.9 Å². The summed E-state index contributed by atoms with van der Waals surface area (Å²) in [5, 5.41) is 30.6. The highest BCUT2D eigenvalue weighted by molar-refractivity contribution is 5.98. The predicted octanol–water partition coefficient (Wildman–Crippen LogP) is 1.96. The van der Waals surface area contributed by atoms with Crippen molar-refractivity contribution >= 4 is 11.9 Å². The Morgan fingerprint density at radius 1 is 1.05 bits per heavy atom. The summed E-state index contributed by atoms with van der Waals surface area (Å²) < 4.78 is 0. The standard InChI is InChI=1S/C16H14N2O4/c1-8-12(15(19)20)14(13(16(21)22)9(2)18-8)11-5-3-10(7-17)4-6-11/h3-6,14,18H,1-2H3,(H,19,20)(H,21,22). The smallest absolute Gasteiger partial charge is 0.334 e. The minimum absolute atomic E-state index is 0.00675. The third kappa shape index (κ3) is 2.56. The van der Waals surface area contributed by atoms with E-state index in [1.165, 1.54) is 0 Å². The van der Waals surface area contributed by atoms with Gasteiger partial charge in [0, 0.05) is 11.4 Å². The first-order valence-electron chi connectivity index (χ1n) is 6.52. The molecule has 22 heavy (non-hydrogen) atoms. The van der Waals surface area contributed by atoms with E-state index in [0.29, 0.717) is 22.5 Å². The van der Waals surface area contributed by atoms with Crippen molar-refractivity contribution in [3.63, 3.8) is 0 Å². The number of rotatable bonds is 3. The molecule has 0 bridgehead atoms. The van der Waals surface area contributed by atoms with E-state index in [2.05, 4.69) is 5.32 Å². The van der Waals surface area contributed by atoms with E-state index in [9.17, 15) is 19.8 Å². The number of hydrogen-bond acceptors (Lipinski definition) is 4. The summed E-state index contributed by atoms with van der Waals surface area (Å²) in [7, 11) is 0. The second kappa shape index (κ2) is 5.74. The van der Waals surface area contributed by atoms with E-state index in [0.717, 1.165) is 0 Å². The summed E-state index contributed by atoms with van der Waals surface area (Å²) in [6.07, 6.45) is 0. The molecule has 0 amide bonds. The lowest BCUT2D eigenvalue weighted by Crippen LogP contribution is -2.30. The average molecular weight is 298 g/mol. The van der Waals surface area contributed by atoms with Gasteiger partial charge in [-0.15, -0.1) is 0 Å². The number of hydrogen-bond donors (Lipinski definition) is 3. The molecule has 112 valence electrons. The number of carbonyl (C=O) groups is 2. The molecule has 6 heteroatoms. The molecule has 2 rings (SSSR count). The van der Waals surface area contributed by atoms with Crippen LogP contribution in [-0.4, -0.2) is 22.2 Å². The van der Waals surface area contributed by atoms with Crippen LogP contribution < -0.4 is 5.32 Å². The van der Waals surface area contributed by atoms with Gasteiger partial charge in [0.15, 0.2) is 0 Å². The van der Waals surface area contributed by atoms with E-state index in [1.54, 1.807) is 38.1 Å². The number of nitrogens with zero attached hydrogens (tertiary/aromatic N) is 1. The highest BCUT2D eigenvalue weighted by atomic mass is 16.4. The van der Waals surface area contributed by atoms with Crippen molar-refractivity contribution in [1.82, 2.24) is 5.32 Å². The van der Waals surface area contributed by atoms with Gasteiger partial charge in [-0.05, 0) is 31.5 Å². The molecule has 0 radical (unpaired) electrons. The lowest BCUT2D eigenvalue weighted by molar-refractivity contribution is -0.133. The maximum Gasteiger partial charge on any atom is 0.334 e. The maximum atomic E-state index is 11.6. The molecule has 1 aromatic carbocycles. The summed E-state index contributed by atoms with van der Waals surface area (Å²) in [6.45, 7) is 3.20. The molecule has 0 spiro atoms. The van der Waals surface area contributed by atoms with Crippen molar-refractivity contribution in [1.29, 1.82) is 5.26 Å². The van der Waals surface area contributed by atoms with Gasteiger partial charge < -0.3 is 15.5 Å². The molecule has 0 unspecified atom stereocenters. The molecule has 1 aliphatic heterocycles. The Kier molecular flexibility index (Phi) is 4.00. The van der Waals surface area contributed by atoms with Crippen LogP contribution in [-0.2, 0) is 9.59 Å². The number of nitrogens with one attached hydrogen (secondary N) is 1. The van der Waals surface area contributed by atoms with Gasteiger partial charge in [-0.25, -0.2) is 9.59 Å². The molecule has 1 aromatic rings. The van der Waals surface area contributed by atoms with E-state index in [1.807, 2.05) is 6.07 Å². The zero-order valence-corrected chi connectivity index (χ0v) is 12.0. The SMILES string of the molecule is CC1=C(C(=O)O)C(c2ccc(C#N)cc2)C(C(=O)O)=C(C)N1. The molecule has 1 heterocycles. The van der Waals surface area contributed by atoms with Crippen LogP contribution >= 0.6 is 0 Å². The van der Waals surface area contributed by atoms with Crippen molar-refractivity contribution in [3.8, 4) is 6.07 Å². The molecular formula is C16H14N2O4. The molecule has 0 aromatic heterocycles. The lowest BCUT2D eigenvalue weighted by Gasteiger charge is -2.28. The van der Waals surface area contributed by atoms with Gasteiger partial charge in [0.05, 0.1) is 28.7 Å². The minimum atomic E-state index is -1.18. The molecule has 6 nitrogen and oxygen atoms in total.